The second kappa shape index (κ2) is 4.87. The Morgan fingerprint density at radius 2 is 1.76 bits per heavy atom. The molecule has 1 aromatic rings. The van der Waals surface area contributed by atoms with Gasteiger partial charge in [0, 0.05) is 5.56 Å². The van der Waals surface area contributed by atoms with Crippen molar-refractivity contribution < 1.29 is 8.42 Å². The molecule has 92 valence electrons. The minimum absolute atomic E-state index is 0.0405. The number of nitrogens with zero attached hydrogens (tertiary/aromatic N) is 1. The Morgan fingerprint density at radius 1 is 1.18 bits per heavy atom. The van der Waals surface area contributed by atoms with E-state index >= 15 is 0 Å². The molecule has 0 saturated carbocycles. The van der Waals surface area contributed by atoms with Crippen LogP contribution in [0.25, 0.3) is 0 Å². The number of amidine groups is 1. The van der Waals surface area contributed by atoms with E-state index in [-0.39, 0.29) is 17.5 Å². The number of hydrogen-bond donors (Lipinski definition) is 1. The number of benzene rings is 1. The van der Waals surface area contributed by atoms with Gasteiger partial charge in [0.2, 0.25) is 0 Å². The average molecular weight is 252 g/mol. The predicted molar refractivity (Wildman–Crippen MR) is 68.8 cm³/mol. The minimum atomic E-state index is -2.83. The smallest absolute Gasteiger partial charge is 0.150 e. The second-order valence-electron chi connectivity index (χ2n) is 4.26. The van der Waals surface area contributed by atoms with Crippen molar-refractivity contribution in [2.24, 2.45) is 10.7 Å². The van der Waals surface area contributed by atoms with E-state index in [1.165, 1.54) is 0 Å². The lowest BCUT2D eigenvalue weighted by Crippen LogP contribution is -2.28. The van der Waals surface area contributed by atoms with Gasteiger partial charge in [-0.05, 0) is 12.8 Å². The first-order valence-electron chi connectivity index (χ1n) is 5.66. The molecule has 5 heteroatoms. The van der Waals surface area contributed by atoms with Gasteiger partial charge in [-0.15, -0.1) is 0 Å². The van der Waals surface area contributed by atoms with Gasteiger partial charge in [-0.2, -0.15) is 0 Å². The molecule has 0 radical (unpaired) electrons. The summed E-state index contributed by atoms with van der Waals surface area (Å²) in [5, 5.41) is 0. The monoisotopic (exact) mass is 252 g/mol. The zero-order chi connectivity index (χ0) is 12.3. The first-order chi connectivity index (χ1) is 8.07. The summed E-state index contributed by atoms with van der Waals surface area (Å²) in [7, 11) is -2.83. The van der Waals surface area contributed by atoms with E-state index in [0.29, 0.717) is 18.7 Å². The SMILES string of the molecule is NC(=NC1CCS(=O)(=O)CC1)c1ccccc1. The fraction of sp³-hybridized carbons (Fsp3) is 0.417. The molecular weight excluding hydrogens is 236 g/mol. The lowest BCUT2D eigenvalue weighted by molar-refractivity contribution is 0.548. The zero-order valence-corrected chi connectivity index (χ0v) is 10.4. The quantitative estimate of drug-likeness (QED) is 0.629. The van der Waals surface area contributed by atoms with E-state index in [1.54, 1.807) is 0 Å². The molecule has 4 nitrogen and oxygen atoms in total. The highest BCUT2D eigenvalue weighted by Gasteiger charge is 2.23. The van der Waals surface area contributed by atoms with Crippen molar-refractivity contribution in [3.05, 3.63) is 35.9 Å². The Hall–Kier alpha value is -1.36. The zero-order valence-electron chi connectivity index (χ0n) is 9.54. The van der Waals surface area contributed by atoms with Gasteiger partial charge < -0.3 is 5.73 Å². The normalized spacial score (nSPS) is 21.3. The number of rotatable bonds is 2. The van der Waals surface area contributed by atoms with Crippen LogP contribution < -0.4 is 5.73 Å². The van der Waals surface area contributed by atoms with Crippen molar-refractivity contribution >= 4 is 15.7 Å². The maximum atomic E-state index is 11.3. The summed E-state index contributed by atoms with van der Waals surface area (Å²) in [6.45, 7) is 0. The Kier molecular flexibility index (Phi) is 3.47. The fourth-order valence-electron chi connectivity index (χ4n) is 1.89. The largest absolute Gasteiger partial charge is 0.383 e. The molecule has 1 aromatic carbocycles. The molecule has 0 aliphatic carbocycles. The molecule has 0 spiro atoms. The molecule has 2 N–H and O–H groups in total. The third-order valence-corrected chi connectivity index (χ3v) is 4.63. The van der Waals surface area contributed by atoms with E-state index in [4.69, 9.17) is 5.73 Å². The first kappa shape index (κ1) is 12.1. The molecule has 1 heterocycles. The Balaban J connectivity index is 2.06. The number of nitrogens with two attached hydrogens (primary N) is 1. The third-order valence-electron chi connectivity index (χ3n) is 2.92. The fourth-order valence-corrected chi connectivity index (χ4v) is 3.35. The molecule has 2 rings (SSSR count). The maximum Gasteiger partial charge on any atom is 0.150 e. The summed E-state index contributed by atoms with van der Waals surface area (Å²) in [4.78, 5) is 4.40. The van der Waals surface area contributed by atoms with Crippen LogP contribution in [0, 0.1) is 0 Å². The van der Waals surface area contributed by atoms with Gasteiger partial charge in [0.1, 0.15) is 15.7 Å². The highest BCUT2D eigenvalue weighted by molar-refractivity contribution is 7.91. The molecule has 0 aromatic heterocycles. The highest BCUT2D eigenvalue weighted by atomic mass is 32.2. The number of aliphatic imine (C=N–C) groups is 1. The summed E-state index contributed by atoms with van der Waals surface area (Å²) in [6, 6.07) is 9.58. The molecular formula is C12H16N2O2S. The molecule has 0 bridgehead atoms. The van der Waals surface area contributed by atoms with Crippen molar-refractivity contribution in [3.8, 4) is 0 Å². The Labute approximate surface area is 101 Å². The second-order valence-corrected chi connectivity index (χ2v) is 6.57. The van der Waals surface area contributed by atoms with Crippen LogP contribution in [0.2, 0.25) is 0 Å². The van der Waals surface area contributed by atoms with Crippen LogP contribution in [0.1, 0.15) is 18.4 Å². The van der Waals surface area contributed by atoms with E-state index in [2.05, 4.69) is 4.99 Å². The van der Waals surface area contributed by atoms with Gasteiger partial charge in [-0.1, -0.05) is 30.3 Å². The topological polar surface area (TPSA) is 72.5 Å². The Bertz CT molecular complexity index is 495. The van der Waals surface area contributed by atoms with Gasteiger partial charge in [0.15, 0.2) is 0 Å². The summed E-state index contributed by atoms with van der Waals surface area (Å²) in [5.74, 6) is 0.946. The van der Waals surface area contributed by atoms with Gasteiger partial charge in [0.05, 0.1) is 17.5 Å². The van der Waals surface area contributed by atoms with Crippen LogP contribution in [0.3, 0.4) is 0 Å². The van der Waals surface area contributed by atoms with Gasteiger partial charge in [-0.3, -0.25) is 4.99 Å². The Morgan fingerprint density at radius 3 is 2.35 bits per heavy atom. The van der Waals surface area contributed by atoms with Gasteiger partial charge in [0.25, 0.3) is 0 Å². The summed E-state index contributed by atoms with van der Waals surface area (Å²) in [5.41, 5.74) is 6.78. The molecule has 0 unspecified atom stereocenters. The first-order valence-corrected chi connectivity index (χ1v) is 7.48. The molecule has 1 aliphatic heterocycles. The summed E-state index contributed by atoms with van der Waals surface area (Å²) >= 11 is 0. The van der Waals surface area contributed by atoms with Crippen LogP contribution in [0.15, 0.2) is 35.3 Å². The van der Waals surface area contributed by atoms with Crippen molar-refractivity contribution in [3.63, 3.8) is 0 Å². The molecule has 1 aliphatic rings. The summed E-state index contributed by atoms with van der Waals surface area (Å²) < 4.78 is 22.5. The highest BCUT2D eigenvalue weighted by Crippen LogP contribution is 2.15. The molecule has 0 atom stereocenters. The van der Waals surface area contributed by atoms with Gasteiger partial charge >= 0.3 is 0 Å². The molecule has 1 saturated heterocycles. The standard InChI is InChI=1S/C12H16N2O2S/c13-12(10-4-2-1-3-5-10)14-11-6-8-17(15,16)9-7-11/h1-5,11H,6-9H2,(H2,13,14). The lowest BCUT2D eigenvalue weighted by atomic mass is 10.1. The van der Waals surface area contributed by atoms with Crippen molar-refractivity contribution in [2.75, 3.05) is 11.5 Å². The molecule has 1 fully saturated rings. The van der Waals surface area contributed by atoms with Crippen molar-refractivity contribution in [1.82, 2.24) is 0 Å². The van der Waals surface area contributed by atoms with Crippen molar-refractivity contribution in [2.45, 2.75) is 18.9 Å². The van der Waals surface area contributed by atoms with Crippen LogP contribution in [-0.4, -0.2) is 31.8 Å². The molecule has 0 amide bonds. The van der Waals surface area contributed by atoms with Crippen LogP contribution in [-0.2, 0) is 9.84 Å². The molecule has 17 heavy (non-hydrogen) atoms. The van der Waals surface area contributed by atoms with E-state index in [1.807, 2.05) is 30.3 Å². The predicted octanol–water partition coefficient (Wildman–Crippen LogP) is 0.969. The number of sulfone groups is 1. The van der Waals surface area contributed by atoms with E-state index in [9.17, 15) is 8.42 Å². The average Bonchev–Trinajstić information content (AvgIpc) is 2.33. The van der Waals surface area contributed by atoms with Gasteiger partial charge in [-0.25, -0.2) is 8.42 Å². The van der Waals surface area contributed by atoms with E-state index in [0.717, 1.165) is 5.56 Å². The van der Waals surface area contributed by atoms with Crippen LogP contribution in [0.5, 0.6) is 0 Å². The van der Waals surface area contributed by atoms with Crippen molar-refractivity contribution in [1.29, 1.82) is 0 Å². The summed E-state index contributed by atoms with van der Waals surface area (Å²) in [6.07, 6.45) is 1.16. The third kappa shape index (κ3) is 3.30. The van der Waals surface area contributed by atoms with Crippen LogP contribution in [0.4, 0.5) is 0 Å². The van der Waals surface area contributed by atoms with Crippen LogP contribution >= 0.6 is 0 Å². The maximum absolute atomic E-state index is 11.3. The lowest BCUT2D eigenvalue weighted by Gasteiger charge is -2.18. The minimum Gasteiger partial charge on any atom is -0.383 e. The number of hydrogen-bond acceptors (Lipinski definition) is 3. The van der Waals surface area contributed by atoms with E-state index < -0.39 is 9.84 Å².